The first-order chi connectivity index (χ1) is 7.53. The summed E-state index contributed by atoms with van der Waals surface area (Å²) in [7, 11) is 0. The first kappa shape index (κ1) is 13.2. The number of carbonyl (C=O) groups is 1. The van der Waals surface area contributed by atoms with Crippen LogP contribution in [0, 0.1) is 5.41 Å². The van der Waals surface area contributed by atoms with Gasteiger partial charge in [-0.25, -0.2) is 4.79 Å². The van der Waals surface area contributed by atoms with Gasteiger partial charge < -0.3 is 14.6 Å². The molecule has 0 spiro atoms. The monoisotopic (exact) mass is 228 g/mol. The van der Waals surface area contributed by atoms with Crippen molar-refractivity contribution in [3.8, 4) is 0 Å². The predicted molar refractivity (Wildman–Crippen MR) is 60.4 cm³/mol. The Balaban J connectivity index is 2.00. The Morgan fingerprint density at radius 3 is 2.75 bits per heavy atom. The van der Waals surface area contributed by atoms with E-state index in [1.807, 2.05) is 0 Å². The third-order valence-corrected chi connectivity index (χ3v) is 2.63. The molecule has 0 saturated carbocycles. The summed E-state index contributed by atoms with van der Waals surface area (Å²) in [6, 6.07) is 0. The van der Waals surface area contributed by atoms with Gasteiger partial charge in [0.1, 0.15) is 0 Å². The first-order valence-corrected chi connectivity index (χ1v) is 5.59. The van der Waals surface area contributed by atoms with Crippen LogP contribution in [0.2, 0.25) is 0 Å². The summed E-state index contributed by atoms with van der Waals surface area (Å²) in [5.74, 6) is -0.847. The van der Waals surface area contributed by atoms with Crippen molar-refractivity contribution in [2.45, 2.75) is 26.7 Å². The van der Waals surface area contributed by atoms with Gasteiger partial charge in [0.25, 0.3) is 0 Å². The highest BCUT2D eigenvalue weighted by molar-refractivity contribution is 5.85. The maximum absolute atomic E-state index is 10.5. The van der Waals surface area contributed by atoms with E-state index >= 15 is 0 Å². The lowest BCUT2D eigenvalue weighted by Gasteiger charge is -2.37. The molecule has 92 valence electrons. The fourth-order valence-electron chi connectivity index (χ4n) is 1.44. The molecule has 1 heterocycles. The first-order valence-electron chi connectivity index (χ1n) is 5.59. The Kier molecular flexibility index (Phi) is 4.96. The van der Waals surface area contributed by atoms with E-state index < -0.39 is 5.97 Å². The molecule has 0 atom stereocenters. The minimum Gasteiger partial charge on any atom is -0.478 e. The minimum absolute atomic E-state index is 0.201. The van der Waals surface area contributed by atoms with Gasteiger partial charge in [0.15, 0.2) is 0 Å². The molecule has 4 nitrogen and oxygen atoms in total. The number of hydrogen-bond donors (Lipinski definition) is 1. The van der Waals surface area contributed by atoms with Crippen molar-refractivity contribution in [1.82, 2.24) is 0 Å². The van der Waals surface area contributed by atoms with E-state index in [9.17, 15) is 4.79 Å². The van der Waals surface area contributed by atoms with Crippen LogP contribution >= 0.6 is 0 Å². The fraction of sp³-hybridized carbons (Fsp3) is 0.750. The fourth-order valence-corrected chi connectivity index (χ4v) is 1.44. The zero-order valence-corrected chi connectivity index (χ0v) is 9.99. The molecule has 1 aliphatic heterocycles. The summed E-state index contributed by atoms with van der Waals surface area (Å²) < 4.78 is 10.6. The molecular weight excluding hydrogens is 208 g/mol. The number of unbranched alkanes of at least 4 members (excludes halogenated alkanes) is 1. The molecule has 0 radical (unpaired) electrons. The molecule has 16 heavy (non-hydrogen) atoms. The third kappa shape index (κ3) is 4.33. The molecule has 0 aromatic carbocycles. The van der Waals surface area contributed by atoms with Crippen molar-refractivity contribution in [3.63, 3.8) is 0 Å². The van der Waals surface area contributed by atoms with Gasteiger partial charge in [0.05, 0.1) is 19.8 Å². The highest BCUT2D eigenvalue weighted by Crippen LogP contribution is 2.26. The van der Waals surface area contributed by atoms with Crippen molar-refractivity contribution in [3.05, 3.63) is 11.6 Å². The van der Waals surface area contributed by atoms with Crippen LogP contribution in [-0.2, 0) is 14.3 Å². The zero-order chi connectivity index (χ0) is 12.0. The second-order valence-electron chi connectivity index (χ2n) is 4.69. The van der Waals surface area contributed by atoms with Crippen molar-refractivity contribution in [1.29, 1.82) is 0 Å². The van der Waals surface area contributed by atoms with Crippen molar-refractivity contribution in [2.75, 3.05) is 26.4 Å². The summed E-state index contributed by atoms with van der Waals surface area (Å²) in [6.45, 7) is 6.73. The Bertz CT molecular complexity index is 266. The van der Waals surface area contributed by atoms with Crippen LogP contribution in [0.15, 0.2) is 11.6 Å². The normalized spacial score (nSPS) is 19.2. The van der Waals surface area contributed by atoms with Gasteiger partial charge in [-0.1, -0.05) is 13.0 Å². The Labute approximate surface area is 96.2 Å². The van der Waals surface area contributed by atoms with Crippen molar-refractivity contribution in [2.24, 2.45) is 5.41 Å². The Hall–Kier alpha value is -0.870. The standard InChI is InChI=1S/C12H20O4/c1-10(11(13)14)5-3-4-6-15-7-12(2)8-16-9-12/h5H,3-4,6-9H2,1-2H3,(H,13,14). The summed E-state index contributed by atoms with van der Waals surface area (Å²) in [5.41, 5.74) is 0.603. The quantitative estimate of drug-likeness (QED) is 0.533. The number of hydrogen-bond acceptors (Lipinski definition) is 3. The summed E-state index contributed by atoms with van der Waals surface area (Å²) in [4.78, 5) is 10.5. The molecule has 1 aliphatic rings. The average Bonchev–Trinajstić information content (AvgIpc) is 2.20. The van der Waals surface area contributed by atoms with E-state index in [2.05, 4.69) is 6.92 Å². The van der Waals surface area contributed by atoms with Crippen LogP contribution in [0.4, 0.5) is 0 Å². The van der Waals surface area contributed by atoms with Gasteiger partial charge in [-0.05, 0) is 19.8 Å². The number of rotatable bonds is 7. The predicted octanol–water partition coefficient (Wildman–Crippen LogP) is 1.85. The van der Waals surface area contributed by atoms with Crippen LogP contribution < -0.4 is 0 Å². The largest absolute Gasteiger partial charge is 0.478 e. The van der Waals surface area contributed by atoms with Gasteiger partial charge in [0, 0.05) is 17.6 Å². The molecular formula is C12H20O4. The SMILES string of the molecule is CC(=CCCCOCC1(C)COC1)C(=O)O. The smallest absolute Gasteiger partial charge is 0.330 e. The molecule has 1 N–H and O–H groups in total. The van der Waals surface area contributed by atoms with Gasteiger partial charge in [-0.3, -0.25) is 0 Å². The van der Waals surface area contributed by atoms with Crippen LogP contribution in [0.1, 0.15) is 26.7 Å². The van der Waals surface area contributed by atoms with Crippen LogP contribution in [-0.4, -0.2) is 37.5 Å². The van der Waals surface area contributed by atoms with E-state index in [1.54, 1.807) is 13.0 Å². The minimum atomic E-state index is -0.847. The summed E-state index contributed by atoms with van der Waals surface area (Å²) in [5, 5.41) is 8.62. The lowest BCUT2D eigenvalue weighted by atomic mass is 9.90. The van der Waals surface area contributed by atoms with Crippen molar-refractivity contribution < 1.29 is 19.4 Å². The van der Waals surface area contributed by atoms with E-state index in [-0.39, 0.29) is 5.41 Å². The second kappa shape index (κ2) is 6.01. The Morgan fingerprint density at radius 2 is 2.25 bits per heavy atom. The van der Waals surface area contributed by atoms with Crippen molar-refractivity contribution >= 4 is 5.97 Å². The topological polar surface area (TPSA) is 55.8 Å². The molecule has 0 aromatic rings. The molecule has 0 unspecified atom stereocenters. The number of ether oxygens (including phenoxy) is 2. The molecule has 4 heteroatoms. The van der Waals surface area contributed by atoms with Gasteiger partial charge in [-0.15, -0.1) is 0 Å². The molecule has 0 aromatic heterocycles. The van der Waals surface area contributed by atoms with Crippen LogP contribution in [0.5, 0.6) is 0 Å². The highest BCUT2D eigenvalue weighted by Gasteiger charge is 2.33. The molecule has 1 rings (SSSR count). The number of aliphatic carboxylic acids is 1. The van der Waals surface area contributed by atoms with Crippen LogP contribution in [0.3, 0.4) is 0 Å². The summed E-state index contributed by atoms with van der Waals surface area (Å²) in [6.07, 6.45) is 3.35. The zero-order valence-electron chi connectivity index (χ0n) is 9.99. The van der Waals surface area contributed by atoms with E-state index in [4.69, 9.17) is 14.6 Å². The molecule has 0 amide bonds. The van der Waals surface area contributed by atoms with Gasteiger partial charge in [-0.2, -0.15) is 0 Å². The number of carboxylic acid groups (broad SMARTS) is 1. The molecule has 0 bridgehead atoms. The van der Waals surface area contributed by atoms with E-state index in [0.717, 1.165) is 32.7 Å². The lowest BCUT2D eigenvalue weighted by molar-refractivity contribution is -0.137. The summed E-state index contributed by atoms with van der Waals surface area (Å²) >= 11 is 0. The van der Waals surface area contributed by atoms with Gasteiger partial charge in [0.2, 0.25) is 0 Å². The van der Waals surface area contributed by atoms with Crippen LogP contribution in [0.25, 0.3) is 0 Å². The maximum Gasteiger partial charge on any atom is 0.330 e. The molecule has 1 fully saturated rings. The third-order valence-electron chi connectivity index (χ3n) is 2.63. The number of carboxylic acids is 1. The average molecular weight is 228 g/mol. The molecule has 1 saturated heterocycles. The second-order valence-corrected chi connectivity index (χ2v) is 4.69. The molecule has 0 aliphatic carbocycles. The van der Waals surface area contributed by atoms with Gasteiger partial charge >= 0.3 is 5.97 Å². The van der Waals surface area contributed by atoms with E-state index in [0.29, 0.717) is 12.2 Å². The number of allylic oxidation sites excluding steroid dienone is 1. The highest BCUT2D eigenvalue weighted by atomic mass is 16.5. The van der Waals surface area contributed by atoms with E-state index in [1.165, 1.54) is 0 Å². The lowest BCUT2D eigenvalue weighted by Crippen LogP contribution is -2.43. The maximum atomic E-state index is 10.5. The Morgan fingerprint density at radius 1 is 1.56 bits per heavy atom.